The van der Waals surface area contributed by atoms with E-state index in [9.17, 15) is 65.9 Å². The molecule has 3 aromatic rings. The van der Waals surface area contributed by atoms with Crippen LogP contribution in [0.3, 0.4) is 0 Å². The molecular weight excluding hydrogens is 646 g/mol. The van der Waals surface area contributed by atoms with E-state index in [1.165, 1.54) is 19.3 Å². The number of quaternary nitrogens is 1. The molecule has 1 aliphatic rings. The zero-order valence-electron chi connectivity index (χ0n) is 24.0. The van der Waals surface area contributed by atoms with Crippen LogP contribution in [-0.2, 0) is 0 Å². The molecule has 17 heteroatoms. The standard InChI is InChI=1S/C18HBF15.C10H21N/c20-4-1(5(21)11(27)16(32)10(4)26)19(2-6(22)12(28)17(33)13(29)7(2)23)3-8(24)14(30)18(34)15(31)9(3)25;1-9(2)7-6-8-10(3,4)11(9)5/h19H;6-8H2,1-5H3/q-1;/p+1. The number of hydrogen-bond acceptors (Lipinski definition) is 0. The second-order valence-corrected chi connectivity index (χ2v) is 11.9. The molecule has 0 atom stereocenters. The Balaban J connectivity index is 0.000000423. The van der Waals surface area contributed by atoms with Gasteiger partial charge in [-0.3, -0.25) is 0 Å². The number of hydrogen-bond donors (Lipinski definition) is 1. The zero-order valence-corrected chi connectivity index (χ0v) is 24.0. The Kier molecular flexibility index (Phi) is 9.98. The molecule has 0 bridgehead atoms. The lowest BCUT2D eigenvalue weighted by Crippen LogP contribution is -3.24. The van der Waals surface area contributed by atoms with Gasteiger partial charge in [-0.1, -0.05) is 0 Å². The highest BCUT2D eigenvalue weighted by atomic mass is 19.2. The number of nitrogens with one attached hydrogen (secondary N) is 1. The summed E-state index contributed by atoms with van der Waals surface area (Å²) in [6.07, 6.45) is 4.15. The minimum Gasteiger partial charge on any atom is -0.329 e. The van der Waals surface area contributed by atoms with E-state index in [4.69, 9.17) is 0 Å². The van der Waals surface area contributed by atoms with E-state index in [-0.39, 0.29) is 0 Å². The summed E-state index contributed by atoms with van der Waals surface area (Å²) in [6.45, 7) is 4.35. The van der Waals surface area contributed by atoms with E-state index >= 15 is 0 Å². The topological polar surface area (TPSA) is 4.44 Å². The third kappa shape index (κ3) is 5.99. The molecule has 1 fully saturated rings. The van der Waals surface area contributed by atoms with Gasteiger partial charge in [0.25, 0.3) is 0 Å². The molecule has 1 saturated heterocycles. The Morgan fingerprint density at radius 1 is 0.378 bits per heavy atom. The summed E-state index contributed by atoms with van der Waals surface area (Å²) in [5.74, 6) is -44.8. The van der Waals surface area contributed by atoms with Crippen molar-refractivity contribution < 1.29 is 70.8 Å². The summed E-state index contributed by atoms with van der Waals surface area (Å²) in [4.78, 5) is 1.69. The van der Waals surface area contributed by atoms with Gasteiger partial charge in [-0.05, 0) is 34.1 Å². The maximum absolute atomic E-state index is 14.4. The average molecular weight is 669 g/mol. The van der Waals surface area contributed by atoms with E-state index in [0.29, 0.717) is 11.1 Å². The van der Waals surface area contributed by atoms with Crippen LogP contribution in [-0.4, -0.2) is 24.8 Å². The average Bonchev–Trinajstić information content (AvgIpc) is 2.98. The van der Waals surface area contributed by atoms with Crippen molar-refractivity contribution in [2.75, 3.05) is 7.05 Å². The minimum absolute atomic E-state index is 0.488. The van der Waals surface area contributed by atoms with Gasteiger partial charge in [0.15, 0.2) is 52.4 Å². The molecule has 1 aliphatic heterocycles. The van der Waals surface area contributed by atoms with Crippen molar-refractivity contribution in [3.8, 4) is 0 Å². The predicted octanol–water partition coefficient (Wildman–Crippen LogP) is 5.26. The van der Waals surface area contributed by atoms with Crippen molar-refractivity contribution in [1.29, 1.82) is 0 Å². The van der Waals surface area contributed by atoms with Crippen molar-refractivity contribution in [3.63, 3.8) is 0 Å². The zero-order chi connectivity index (χ0) is 34.7. The number of likely N-dealkylation sites (tertiary alicyclic amines) is 1. The van der Waals surface area contributed by atoms with E-state index in [1.807, 2.05) is 0 Å². The van der Waals surface area contributed by atoms with E-state index in [1.54, 1.807) is 4.90 Å². The largest absolute Gasteiger partial charge is 0.329 e. The van der Waals surface area contributed by atoms with Crippen molar-refractivity contribution in [2.24, 2.45) is 0 Å². The molecule has 0 aliphatic carbocycles. The molecule has 0 saturated carbocycles. The molecule has 248 valence electrons. The third-order valence-corrected chi connectivity index (χ3v) is 8.60. The molecule has 0 spiro atoms. The van der Waals surface area contributed by atoms with Crippen molar-refractivity contribution in [3.05, 3.63) is 87.3 Å². The molecule has 3 aromatic carbocycles. The predicted molar refractivity (Wildman–Crippen MR) is 134 cm³/mol. The van der Waals surface area contributed by atoms with Crippen LogP contribution < -0.4 is 21.3 Å². The number of benzene rings is 3. The molecule has 1 nitrogen and oxygen atoms in total. The van der Waals surface area contributed by atoms with Gasteiger partial charge in [-0.25, -0.2) is 65.9 Å². The van der Waals surface area contributed by atoms with Gasteiger partial charge in [0.1, 0.15) is 34.9 Å². The van der Waals surface area contributed by atoms with Crippen LogP contribution in [0.15, 0.2) is 0 Å². The Morgan fingerprint density at radius 2 is 0.556 bits per heavy atom. The van der Waals surface area contributed by atoms with Crippen LogP contribution in [0, 0.1) is 87.3 Å². The molecule has 0 unspecified atom stereocenters. The normalized spacial score (nSPS) is 16.2. The highest BCUT2D eigenvalue weighted by Gasteiger charge is 2.42. The molecule has 45 heavy (non-hydrogen) atoms. The first-order chi connectivity index (χ1) is 20.5. The van der Waals surface area contributed by atoms with Crippen molar-refractivity contribution in [1.82, 2.24) is 0 Å². The molecule has 1 N–H and O–H groups in total. The Hall–Kier alpha value is -3.37. The lowest BCUT2D eigenvalue weighted by Gasteiger charge is -2.47. The van der Waals surface area contributed by atoms with Crippen LogP contribution in [0.25, 0.3) is 0 Å². The first-order valence-electron chi connectivity index (χ1n) is 13.1. The summed E-state index contributed by atoms with van der Waals surface area (Å²) < 4.78 is 209. The second kappa shape index (κ2) is 12.4. The van der Waals surface area contributed by atoms with Crippen molar-refractivity contribution in [2.45, 2.75) is 58.0 Å². The monoisotopic (exact) mass is 669 g/mol. The van der Waals surface area contributed by atoms with Gasteiger partial charge >= 0.3 is 0 Å². The Bertz CT molecular complexity index is 1400. The summed E-state index contributed by atoms with van der Waals surface area (Å²) >= 11 is 0. The summed E-state index contributed by atoms with van der Waals surface area (Å²) in [5.41, 5.74) is -6.81. The van der Waals surface area contributed by atoms with Gasteiger partial charge in [0, 0.05) is 12.8 Å². The van der Waals surface area contributed by atoms with Gasteiger partial charge in [-0.2, -0.15) is 0 Å². The fourth-order valence-corrected chi connectivity index (χ4v) is 5.68. The quantitative estimate of drug-likeness (QED) is 0.168. The highest BCUT2D eigenvalue weighted by molar-refractivity contribution is 6.95. The minimum atomic E-state index is -5.16. The maximum atomic E-state index is 14.4. The lowest BCUT2D eigenvalue weighted by atomic mass is 9.36. The summed E-state index contributed by atoms with van der Waals surface area (Å²) in [6, 6.07) is 0. The van der Waals surface area contributed by atoms with E-state index in [0.717, 1.165) is 0 Å². The lowest BCUT2D eigenvalue weighted by molar-refractivity contribution is -0.982. The van der Waals surface area contributed by atoms with Gasteiger partial charge in [0.05, 0.1) is 24.8 Å². The first kappa shape index (κ1) is 36.1. The number of halogens is 15. The maximum Gasteiger partial charge on any atom is 0.200 e. The number of rotatable bonds is 3. The molecule has 4 rings (SSSR count). The SMILES string of the molecule is C[NH+]1C(C)(C)CCCC1(C)C.Fc1c(F)c(F)c([BH-](c2c(F)c(F)c(F)c(F)c2F)c2c(F)c(F)c(F)c(F)c2F)c(F)c1F. The van der Waals surface area contributed by atoms with Crippen molar-refractivity contribution >= 4 is 23.1 Å². The number of piperidine rings is 1. The fourth-order valence-electron chi connectivity index (χ4n) is 5.68. The van der Waals surface area contributed by atoms with Crippen LogP contribution >= 0.6 is 0 Å². The fraction of sp³-hybridized carbons (Fsp3) is 0.357. The smallest absolute Gasteiger partial charge is 0.200 e. The first-order valence-corrected chi connectivity index (χ1v) is 13.1. The Labute approximate surface area is 246 Å². The highest BCUT2D eigenvalue weighted by Crippen LogP contribution is 2.24. The summed E-state index contributed by atoms with van der Waals surface area (Å²) in [7, 11) is 2.33. The molecule has 0 aromatic heterocycles. The molecule has 0 radical (unpaired) electrons. The van der Waals surface area contributed by atoms with Gasteiger partial charge < -0.3 is 4.90 Å². The van der Waals surface area contributed by atoms with Crippen LogP contribution in [0.1, 0.15) is 47.0 Å². The van der Waals surface area contributed by atoms with Crippen LogP contribution in [0.2, 0.25) is 0 Å². The third-order valence-electron chi connectivity index (χ3n) is 8.60. The van der Waals surface area contributed by atoms with E-state index < -0.39 is 110 Å². The van der Waals surface area contributed by atoms with Gasteiger partial charge in [-0.15, -0.1) is 16.4 Å². The van der Waals surface area contributed by atoms with E-state index in [2.05, 4.69) is 34.7 Å². The molecule has 1 heterocycles. The van der Waals surface area contributed by atoms with Crippen LogP contribution in [0.5, 0.6) is 0 Å². The molecule has 0 amide bonds. The second-order valence-electron chi connectivity index (χ2n) is 11.9. The Morgan fingerprint density at radius 3 is 0.733 bits per heavy atom. The summed E-state index contributed by atoms with van der Waals surface area (Å²) in [5, 5.41) is 0. The van der Waals surface area contributed by atoms with Gasteiger partial charge in [0.2, 0.25) is 0 Å². The molecular formula is C28H23BF15N. The van der Waals surface area contributed by atoms with Crippen LogP contribution in [0.4, 0.5) is 65.9 Å².